The van der Waals surface area contributed by atoms with Gasteiger partial charge in [0.1, 0.15) is 0 Å². The molecule has 0 spiro atoms. The van der Waals surface area contributed by atoms with E-state index in [1.807, 2.05) is 30.9 Å². The fraction of sp³-hybridized carbons (Fsp3) is 0.500. The van der Waals surface area contributed by atoms with Crippen LogP contribution in [-0.2, 0) is 11.3 Å². The molecule has 1 amide bonds. The van der Waals surface area contributed by atoms with Crippen molar-refractivity contribution in [2.24, 2.45) is 0 Å². The van der Waals surface area contributed by atoms with Crippen molar-refractivity contribution in [2.45, 2.75) is 52.6 Å². The minimum Gasteiger partial charge on any atom is -0.336 e. The van der Waals surface area contributed by atoms with E-state index in [0.717, 1.165) is 18.4 Å². The molecule has 0 fully saturated rings. The van der Waals surface area contributed by atoms with Crippen LogP contribution in [-0.4, -0.2) is 16.8 Å². The summed E-state index contributed by atoms with van der Waals surface area (Å²) in [6, 6.07) is 9.72. The zero-order valence-electron chi connectivity index (χ0n) is 12.0. The largest absolute Gasteiger partial charge is 0.336 e. The van der Waals surface area contributed by atoms with Gasteiger partial charge in [0.15, 0.2) is 0 Å². The van der Waals surface area contributed by atoms with Crippen LogP contribution in [0.5, 0.6) is 0 Å². The molecule has 1 aromatic rings. The first-order chi connectivity index (χ1) is 9.08. The van der Waals surface area contributed by atoms with Gasteiger partial charge in [-0.1, -0.05) is 25.5 Å². The minimum absolute atomic E-state index is 0.194. The van der Waals surface area contributed by atoms with Crippen molar-refractivity contribution in [1.82, 2.24) is 4.90 Å². The molecule has 0 atom stereocenters. The maximum Gasteiger partial charge on any atom is 0.223 e. The monoisotopic (exact) mass is 258 g/mol. The Balaban J connectivity index is 2.72. The van der Waals surface area contributed by atoms with E-state index in [-0.39, 0.29) is 11.9 Å². The van der Waals surface area contributed by atoms with Crippen molar-refractivity contribution >= 4 is 5.91 Å². The Morgan fingerprint density at radius 3 is 2.42 bits per heavy atom. The fourth-order valence-electron chi connectivity index (χ4n) is 1.91. The van der Waals surface area contributed by atoms with E-state index in [0.29, 0.717) is 18.5 Å². The van der Waals surface area contributed by atoms with Crippen molar-refractivity contribution in [3.05, 3.63) is 35.4 Å². The third kappa shape index (κ3) is 4.75. The van der Waals surface area contributed by atoms with Crippen molar-refractivity contribution in [2.75, 3.05) is 0 Å². The number of rotatable bonds is 6. The van der Waals surface area contributed by atoms with Gasteiger partial charge in [0.25, 0.3) is 0 Å². The van der Waals surface area contributed by atoms with Gasteiger partial charge in [0.2, 0.25) is 5.91 Å². The molecular weight excluding hydrogens is 236 g/mol. The molecule has 0 aliphatic carbocycles. The van der Waals surface area contributed by atoms with E-state index < -0.39 is 0 Å². The Morgan fingerprint density at radius 1 is 1.32 bits per heavy atom. The molecule has 3 nitrogen and oxygen atoms in total. The molecule has 0 aliphatic rings. The summed E-state index contributed by atoms with van der Waals surface area (Å²) >= 11 is 0. The Hall–Kier alpha value is -1.82. The van der Waals surface area contributed by atoms with Crippen molar-refractivity contribution in [3.8, 4) is 6.07 Å². The van der Waals surface area contributed by atoms with Gasteiger partial charge in [-0.25, -0.2) is 0 Å². The molecular formula is C16H22N2O. The van der Waals surface area contributed by atoms with Crippen molar-refractivity contribution in [3.63, 3.8) is 0 Å². The highest BCUT2D eigenvalue weighted by Gasteiger charge is 2.16. The lowest BCUT2D eigenvalue weighted by atomic mass is 10.1. The van der Waals surface area contributed by atoms with Crippen LogP contribution >= 0.6 is 0 Å². The van der Waals surface area contributed by atoms with Crippen LogP contribution < -0.4 is 0 Å². The van der Waals surface area contributed by atoms with Crippen molar-refractivity contribution < 1.29 is 4.79 Å². The van der Waals surface area contributed by atoms with Gasteiger partial charge < -0.3 is 4.90 Å². The predicted octanol–water partition coefficient (Wildman–Crippen LogP) is 3.49. The molecule has 1 rings (SSSR count). The zero-order valence-corrected chi connectivity index (χ0v) is 12.0. The highest BCUT2D eigenvalue weighted by atomic mass is 16.2. The molecule has 0 aromatic heterocycles. The summed E-state index contributed by atoms with van der Waals surface area (Å²) in [4.78, 5) is 14.0. The van der Waals surface area contributed by atoms with Gasteiger partial charge in [-0.2, -0.15) is 5.26 Å². The molecule has 0 heterocycles. The predicted molar refractivity (Wildman–Crippen MR) is 76.4 cm³/mol. The average Bonchev–Trinajstić information content (AvgIpc) is 2.42. The van der Waals surface area contributed by atoms with E-state index in [4.69, 9.17) is 5.26 Å². The van der Waals surface area contributed by atoms with E-state index >= 15 is 0 Å². The lowest BCUT2D eigenvalue weighted by molar-refractivity contribution is -0.133. The first-order valence-electron chi connectivity index (χ1n) is 6.87. The van der Waals surface area contributed by atoms with Crippen LogP contribution in [0.15, 0.2) is 24.3 Å². The van der Waals surface area contributed by atoms with E-state index in [1.165, 1.54) is 0 Å². The number of nitriles is 1. The highest BCUT2D eigenvalue weighted by molar-refractivity contribution is 5.76. The second-order valence-corrected chi connectivity index (χ2v) is 5.03. The van der Waals surface area contributed by atoms with E-state index in [1.54, 1.807) is 12.1 Å². The molecule has 0 saturated heterocycles. The van der Waals surface area contributed by atoms with E-state index in [9.17, 15) is 4.79 Å². The lowest BCUT2D eigenvalue weighted by Gasteiger charge is -2.27. The maximum atomic E-state index is 12.1. The minimum atomic E-state index is 0.194. The Labute approximate surface area is 115 Å². The number of carbonyl (C=O) groups excluding carboxylic acids is 1. The van der Waals surface area contributed by atoms with Gasteiger partial charge in [-0.15, -0.1) is 0 Å². The standard InChI is InChI=1S/C16H22N2O/c1-4-5-6-16(19)18(13(2)3)12-15-9-7-14(11-17)8-10-15/h7-10,13H,4-6,12H2,1-3H3. The number of amides is 1. The first-order valence-corrected chi connectivity index (χ1v) is 6.87. The second kappa shape index (κ2) is 7.58. The Kier molecular flexibility index (Phi) is 6.08. The molecule has 0 bridgehead atoms. The van der Waals surface area contributed by atoms with Crippen LogP contribution in [0.1, 0.15) is 51.2 Å². The van der Waals surface area contributed by atoms with Gasteiger partial charge in [0, 0.05) is 19.0 Å². The Bertz CT molecular complexity index is 443. The van der Waals surface area contributed by atoms with Gasteiger partial charge in [0.05, 0.1) is 11.6 Å². The molecule has 3 heteroatoms. The van der Waals surface area contributed by atoms with Crippen LogP contribution in [0.2, 0.25) is 0 Å². The van der Waals surface area contributed by atoms with Gasteiger partial charge >= 0.3 is 0 Å². The first kappa shape index (κ1) is 15.2. The summed E-state index contributed by atoms with van der Waals surface area (Å²) in [6.45, 7) is 6.78. The SMILES string of the molecule is CCCCC(=O)N(Cc1ccc(C#N)cc1)C(C)C. The van der Waals surface area contributed by atoms with Gasteiger partial charge in [-0.05, 0) is 38.0 Å². The number of hydrogen-bond acceptors (Lipinski definition) is 2. The third-order valence-corrected chi connectivity index (χ3v) is 3.12. The van der Waals surface area contributed by atoms with Crippen LogP contribution in [0, 0.1) is 11.3 Å². The summed E-state index contributed by atoms with van der Waals surface area (Å²) < 4.78 is 0. The number of hydrogen-bond donors (Lipinski definition) is 0. The van der Waals surface area contributed by atoms with Crippen LogP contribution in [0.4, 0.5) is 0 Å². The summed E-state index contributed by atoms with van der Waals surface area (Å²) in [5.74, 6) is 0.209. The second-order valence-electron chi connectivity index (χ2n) is 5.03. The lowest BCUT2D eigenvalue weighted by Crippen LogP contribution is -2.36. The summed E-state index contributed by atoms with van der Waals surface area (Å²) in [6.07, 6.45) is 2.59. The molecule has 0 saturated carbocycles. The molecule has 19 heavy (non-hydrogen) atoms. The summed E-state index contributed by atoms with van der Waals surface area (Å²) in [5.41, 5.74) is 1.72. The third-order valence-electron chi connectivity index (χ3n) is 3.12. The summed E-state index contributed by atoms with van der Waals surface area (Å²) in [7, 11) is 0. The van der Waals surface area contributed by atoms with E-state index in [2.05, 4.69) is 13.0 Å². The quantitative estimate of drug-likeness (QED) is 0.784. The fourth-order valence-corrected chi connectivity index (χ4v) is 1.91. The maximum absolute atomic E-state index is 12.1. The highest BCUT2D eigenvalue weighted by Crippen LogP contribution is 2.12. The summed E-state index contributed by atoms with van der Waals surface area (Å²) in [5, 5.41) is 8.77. The number of nitrogens with zero attached hydrogens (tertiary/aromatic N) is 2. The Morgan fingerprint density at radius 2 is 1.95 bits per heavy atom. The van der Waals surface area contributed by atoms with Crippen LogP contribution in [0.3, 0.4) is 0 Å². The molecule has 0 unspecified atom stereocenters. The zero-order chi connectivity index (χ0) is 14.3. The number of unbranched alkanes of at least 4 members (excludes halogenated alkanes) is 1. The normalized spacial score (nSPS) is 10.3. The molecule has 102 valence electrons. The topological polar surface area (TPSA) is 44.1 Å². The molecule has 0 radical (unpaired) electrons. The van der Waals surface area contributed by atoms with Crippen molar-refractivity contribution in [1.29, 1.82) is 5.26 Å². The number of carbonyl (C=O) groups is 1. The van der Waals surface area contributed by atoms with Crippen LogP contribution in [0.25, 0.3) is 0 Å². The molecule has 1 aromatic carbocycles. The van der Waals surface area contributed by atoms with Gasteiger partial charge in [-0.3, -0.25) is 4.79 Å². The molecule has 0 aliphatic heterocycles. The average molecular weight is 258 g/mol. The smallest absolute Gasteiger partial charge is 0.223 e. The molecule has 0 N–H and O–H groups in total. The number of benzene rings is 1.